The second-order valence-electron chi connectivity index (χ2n) is 7.55. The zero-order valence-corrected chi connectivity index (χ0v) is 18.3. The number of urea groups is 1. The molecule has 1 aliphatic rings. The third-order valence-corrected chi connectivity index (χ3v) is 4.97. The molecule has 0 aromatic heterocycles. The molecule has 162 valence electrons. The van der Waals surface area contributed by atoms with Crippen molar-refractivity contribution in [1.29, 1.82) is 0 Å². The van der Waals surface area contributed by atoms with Gasteiger partial charge in [0.1, 0.15) is 5.57 Å². The Kier molecular flexibility index (Phi) is 6.44. The van der Waals surface area contributed by atoms with E-state index in [-0.39, 0.29) is 11.7 Å². The number of barbiturate groups is 1. The standard InChI is InChI=1S/C24H26N2O5/c1-6-16(4)31-20-8-7-17(13-21(20)30-5)12-19-22(27)25-24(29)26(23(19)28)18-10-14(2)9-15(3)11-18/h7-13,16H,6H2,1-5H3,(H,25,27,29)/b19-12+/t16-/m1/s1. The van der Waals surface area contributed by atoms with Crippen molar-refractivity contribution in [2.75, 3.05) is 12.0 Å². The molecule has 0 radical (unpaired) electrons. The van der Waals surface area contributed by atoms with Crippen molar-refractivity contribution in [3.8, 4) is 11.5 Å². The summed E-state index contributed by atoms with van der Waals surface area (Å²) in [5, 5.41) is 2.24. The fourth-order valence-corrected chi connectivity index (χ4v) is 3.31. The Morgan fingerprint density at radius 2 is 1.71 bits per heavy atom. The number of ether oxygens (including phenoxy) is 2. The molecule has 2 aromatic rings. The van der Waals surface area contributed by atoms with Crippen molar-refractivity contribution in [3.05, 3.63) is 58.7 Å². The molecule has 1 atom stereocenters. The van der Waals surface area contributed by atoms with Crippen LogP contribution in [0.15, 0.2) is 42.0 Å². The summed E-state index contributed by atoms with van der Waals surface area (Å²) in [5.74, 6) is -0.363. The van der Waals surface area contributed by atoms with E-state index in [2.05, 4.69) is 5.32 Å². The van der Waals surface area contributed by atoms with Crippen molar-refractivity contribution in [3.63, 3.8) is 0 Å². The number of hydrogen-bond donors (Lipinski definition) is 1. The Morgan fingerprint density at radius 1 is 1.03 bits per heavy atom. The molecule has 1 saturated heterocycles. The van der Waals surface area contributed by atoms with Crippen LogP contribution >= 0.6 is 0 Å². The Labute approximate surface area is 181 Å². The Bertz CT molecular complexity index is 1050. The molecule has 0 bridgehead atoms. The number of rotatable bonds is 6. The van der Waals surface area contributed by atoms with Crippen molar-refractivity contribution < 1.29 is 23.9 Å². The van der Waals surface area contributed by atoms with Gasteiger partial charge in [0.05, 0.1) is 18.9 Å². The maximum atomic E-state index is 13.1. The van der Waals surface area contributed by atoms with Gasteiger partial charge in [-0.25, -0.2) is 9.69 Å². The van der Waals surface area contributed by atoms with Crippen LogP contribution in [0.2, 0.25) is 0 Å². The molecule has 7 heteroatoms. The number of nitrogens with zero attached hydrogens (tertiary/aromatic N) is 1. The zero-order chi connectivity index (χ0) is 22.7. The van der Waals surface area contributed by atoms with Crippen LogP contribution in [0.3, 0.4) is 0 Å². The van der Waals surface area contributed by atoms with Gasteiger partial charge in [0.2, 0.25) is 0 Å². The zero-order valence-electron chi connectivity index (χ0n) is 18.3. The summed E-state index contributed by atoms with van der Waals surface area (Å²) < 4.78 is 11.2. The second-order valence-corrected chi connectivity index (χ2v) is 7.55. The number of carbonyl (C=O) groups is 3. The molecule has 1 aliphatic heterocycles. The number of benzene rings is 2. The van der Waals surface area contributed by atoms with E-state index in [1.165, 1.54) is 13.2 Å². The maximum absolute atomic E-state index is 13.1. The first-order chi connectivity index (χ1) is 14.7. The summed E-state index contributed by atoms with van der Waals surface area (Å²) in [6.07, 6.45) is 2.29. The Morgan fingerprint density at radius 3 is 2.32 bits per heavy atom. The molecule has 1 N–H and O–H groups in total. The maximum Gasteiger partial charge on any atom is 0.335 e. The third kappa shape index (κ3) is 4.77. The minimum atomic E-state index is -0.771. The van der Waals surface area contributed by atoms with Crippen molar-refractivity contribution in [2.45, 2.75) is 40.2 Å². The van der Waals surface area contributed by atoms with Crippen molar-refractivity contribution in [2.24, 2.45) is 0 Å². The number of carbonyl (C=O) groups excluding carboxylic acids is 3. The Balaban J connectivity index is 1.98. The molecule has 7 nitrogen and oxygen atoms in total. The summed E-state index contributed by atoms with van der Waals surface area (Å²) in [4.78, 5) is 38.9. The van der Waals surface area contributed by atoms with Crippen LogP contribution in [0.5, 0.6) is 11.5 Å². The van der Waals surface area contributed by atoms with Crippen LogP contribution in [-0.4, -0.2) is 31.1 Å². The molecule has 2 aromatic carbocycles. The highest BCUT2D eigenvalue weighted by Gasteiger charge is 2.37. The number of anilines is 1. The van der Waals surface area contributed by atoms with Gasteiger partial charge in [0, 0.05) is 0 Å². The number of hydrogen-bond acceptors (Lipinski definition) is 5. The molecular formula is C24H26N2O5. The van der Waals surface area contributed by atoms with E-state index >= 15 is 0 Å². The smallest absolute Gasteiger partial charge is 0.335 e. The van der Waals surface area contributed by atoms with E-state index in [0.29, 0.717) is 22.7 Å². The predicted molar refractivity (Wildman–Crippen MR) is 118 cm³/mol. The van der Waals surface area contributed by atoms with Gasteiger partial charge in [-0.1, -0.05) is 19.1 Å². The van der Waals surface area contributed by atoms with E-state index in [1.807, 2.05) is 33.8 Å². The quantitative estimate of drug-likeness (QED) is 0.558. The molecule has 0 aliphatic carbocycles. The SMILES string of the molecule is CC[C@@H](C)Oc1ccc(/C=C2\C(=O)NC(=O)N(c3cc(C)cc(C)c3)C2=O)cc1OC. The number of methoxy groups -OCH3 is 1. The second kappa shape index (κ2) is 9.04. The van der Waals surface area contributed by atoms with Gasteiger partial charge in [0.15, 0.2) is 11.5 Å². The molecule has 0 saturated carbocycles. The number of aryl methyl sites for hydroxylation is 2. The van der Waals surface area contributed by atoms with Gasteiger partial charge < -0.3 is 9.47 Å². The average Bonchev–Trinajstić information content (AvgIpc) is 2.71. The molecule has 31 heavy (non-hydrogen) atoms. The minimum Gasteiger partial charge on any atom is -0.493 e. The molecule has 3 rings (SSSR count). The average molecular weight is 422 g/mol. The first-order valence-electron chi connectivity index (χ1n) is 10.1. The van der Waals surface area contributed by atoms with E-state index in [1.54, 1.807) is 30.3 Å². The van der Waals surface area contributed by atoms with E-state index in [4.69, 9.17) is 9.47 Å². The molecular weight excluding hydrogens is 396 g/mol. The first kappa shape index (κ1) is 22.1. The van der Waals surface area contributed by atoms with E-state index in [0.717, 1.165) is 22.4 Å². The monoisotopic (exact) mass is 422 g/mol. The highest BCUT2D eigenvalue weighted by molar-refractivity contribution is 6.39. The molecule has 0 unspecified atom stereocenters. The first-order valence-corrected chi connectivity index (χ1v) is 10.1. The minimum absolute atomic E-state index is 0.0150. The lowest BCUT2D eigenvalue weighted by atomic mass is 10.0. The lowest BCUT2D eigenvalue weighted by Crippen LogP contribution is -2.54. The van der Waals surface area contributed by atoms with Crippen LogP contribution in [0.1, 0.15) is 37.0 Å². The number of nitrogens with one attached hydrogen (secondary N) is 1. The highest BCUT2D eigenvalue weighted by atomic mass is 16.5. The van der Waals surface area contributed by atoms with Gasteiger partial charge in [-0.3, -0.25) is 14.9 Å². The largest absolute Gasteiger partial charge is 0.493 e. The summed E-state index contributed by atoms with van der Waals surface area (Å²) in [6, 6.07) is 9.76. The van der Waals surface area contributed by atoms with Crippen LogP contribution in [0, 0.1) is 13.8 Å². The topological polar surface area (TPSA) is 84.9 Å². The summed E-state index contributed by atoms with van der Waals surface area (Å²) >= 11 is 0. The van der Waals surface area contributed by atoms with Crippen LogP contribution in [0.4, 0.5) is 10.5 Å². The predicted octanol–water partition coefficient (Wildman–Crippen LogP) is 4.16. The van der Waals surface area contributed by atoms with Gasteiger partial charge in [0.25, 0.3) is 11.8 Å². The van der Waals surface area contributed by atoms with Gasteiger partial charge in [-0.05, 0) is 74.2 Å². The third-order valence-electron chi connectivity index (χ3n) is 4.97. The highest BCUT2D eigenvalue weighted by Crippen LogP contribution is 2.31. The fraction of sp³-hybridized carbons (Fsp3) is 0.292. The molecule has 1 heterocycles. The van der Waals surface area contributed by atoms with Crippen LogP contribution < -0.4 is 19.7 Å². The summed E-state index contributed by atoms with van der Waals surface area (Å²) in [7, 11) is 1.52. The molecule has 0 spiro atoms. The Hall–Kier alpha value is -3.61. The normalized spacial score (nSPS) is 16.4. The van der Waals surface area contributed by atoms with E-state index < -0.39 is 17.8 Å². The summed E-state index contributed by atoms with van der Waals surface area (Å²) in [5.41, 5.74) is 2.64. The molecule has 4 amide bonds. The number of imide groups is 2. The van der Waals surface area contributed by atoms with Crippen molar-refractivity contribution >= 4 is 29.6 Å². The lowest BCUT2D eigenvalue weighted by Gasteiger charge is -2.27. The lowest BCUT2D eigenvalue weighted by molar-refractivity contribution is -0.122. The van der Waals surface area contributed by atoms with Crippen molar-refractivity contribution in [1.82, 2.24) is 5.32 Å². The van der Waals surface area contributed by atoms with Gasteiger partial charge in [-0.2, -0.15) is 0 Å². The summed E-state index contributed by atoms with van der Waals surface area (Å²) in [6.45, 7) is 7.73. The van der Waals surface area contributed by atoms with Gasteiger partial charge >= 0.3 is 6.03 Å². The van der Waals surface area contributed by atoms with E-state index in [9.17, 15) is 14.4 Å². The van der Waals surface area contributed by atoms with Gasteiger partial charge in [-0.15, -0.1) is 0 Å². The number of amides is 4. The molecule has 1 fully saturated rings. The fourth-order valence-electron chi connectivity index (χ4n) is 3.31. The van der Waals surface area contributed by atoms with Crippen LogP contribution in [-0.2, 0) is 9.59 Å². The van der Waals surface area contributed by atoms with Crippen LogP contribution in [0.25, 0.3) is 6.08 Å².